The highest BCUT2D eigenvalue weighted by molar-refractivity contribution is 4.90. The van der Waals surface area contributed by atoms with Crippen molar-refractivity contribution in [1.82, 2.24) is 25.0 Å². The summed E-state index contributed by atoms with van der Waals surface area (Å²) in [4.78, 5) is 2.67. The van der Waals surface area contributed by atoms with Gasteiger partial charge in [-0.15, -0.1) is 10.2 Å². The number of hydrogen-bond acceptors (Lipinski definition) is 4. The molecule has 2 aliphatic heterocycles. The van der Waals surface area contributed by atoms with E-state index in [1.54, 1.807) is 6.33 Å². The average Bonchev–Trinajstić information content (AvgIpc) is 2.98. The lowest BCUT2D eigenvalue weighted by Gasteiger charge is -2.35. The molecule has 0 amide bonds. The van der Waals surface area contributed by atoms with Crippen molar-refractivity contribution in [2.24, 2.45) is 7.05 Å². The normalized spacial score (nSPS) is 28.5. The Morgan fingerprint density at radius 1 is 1.39 bits per heavy atom. The van der Waals surface area contributed by atoms with Crippen LogP contribution in [-0.4, -0.2) is 51.4 Å². The van der Waals surface area contributed by atoms with Crippen molar-refractivity contribution in [3.05, 3.63) is 12.2 Å². The van der Waals surface area contributed by atoms with E-state index in [1.165, 1.54) is 38.8 Å². The highest BCUT2D eigenvalue weighted by Gasteiger charge is 2.31. The number of hydrogen-bond donors (Lipinski definition) is 1. The molecule has 3 heterocycles. The first kappa shape index (κ1) is 12.1. The third kappa shape index (κ3) is 2.57. The minimum atomic E-state index is 0.706. The summed E-state index contributed by atoms with van der Waals surface area (Å²) in [5, 5.41) is 11.7. The SMILES string of the molecule is Cn1cnnc1CCNC1CCN2CCCC2C1. The molecule has 5 nitrogen and oxygen atoms in total. The Hall–Kier alpha value is -0.940. The number of fused-ring (bicyclic) bond motifs is 1. The predicted molar refractivity (Wildman–Crippen MR) is 70.3 cm³/mol. The molecule has 2 aliphatic rings. The molecule has 2 unspecified atom stereocenters. The third-order valence-corrected chi connectivity index (χ3v) is 4.41. The minimum absolute atomic E-state index is 0.706. The molecule has 0 spiro atoms. The van der Waals surface area contributed by atoms with Crippen molar-refractivity contribution >= 4 is 0 Å². The van der Waals surface area contributed by atoms with E-state index in [1.807, 2.05) is 11.6 Å². The summed E-state index contributed by atoms with van der Waals surface area (Å²) in [7, 11) is 2.01. The van der Waals surface area contributed by atoms with Crippen LogP contribution < -0.4 is 5.32 Å². The minimum Gasteiger partial charge on any atom is -0.321 e. The van der Waals surface area contributed by atoms with Gasteiger partial charge in [-0.3, -0.25) is 0 Å². The Bertz CT molecular complexity index is 388. The predicted octanol–water partition coefficient (Wildman–Crippen LogP) is 0.574. The molecule has 0 saturated carbocycles. The van der Waals surface area contributed by atoms with Gasteiger partial charge in [0.25, 0.3) is 0 Å². The van der Waals surface area contributed by atoms with Crippen LogP contribution in [0.3, 0.4) is 0 Å². The summed E-state index contributed by atoms with van der Waals surface area (Å²) in [6, 6.07) is 1.56. The van der Waals surface area contributed by atoms with Crippen LogP contribution in [-0.2, 0) is 13.5 Å². The first-order valence-electron chi connectivity index (χ1n) is 7.13. The van der Waals surface area contributed by atoms with Crippen LogP contribution in [0, 0.1) is 0 Å². The molecule has 2 saturated heterocycles. The summed E-state index contributed by atoms with van der Waals surface area (Å²) in [6.45, 7) is 3.63. The molecule has 100 valence electrons. The van der Waals surface area contributed by atoms with Crippen molar-refractivity contribution in [2.45, 2.75) is 44.2 Å². The maximum Gasteiger partial charge on any atom is 0.133 e. The number of aromatic nitrogens is 3. The number of piperidine rings is 1. The van der Waals surface area contributed by atoms with E-state index in [0.29, 0.717) is 6.04 Å². The second-order valence-electron chi connectivity index (χ2n) is 5.62. The zero-order chi connectivity index (χ0) is 12.4. The third-order valence-electron chi connectivity index (χ3n) is 4.41. The van der Waals surface area contributed by atoms with E-state index >= 15 is 0 Å². The molecule has 0 bridgehead atoms. The van der Waals surface area contributed by atoms with Crippen molar-refractivity contribution < 1.29 is 0 Å². The van der Waals surface area contributed by atoms with Gasteiger partial charge in [-0.25, -0.2) is 0 Å². The van der Waals surface area contributed by atoms with Gasteiger partial charge in [0.15, 0.2) is 0 Å². The standard InChI is InChI=1S/C13H23N5/c1-17-10-15-16-13(17)4-6-14-11-5-8-18-7-2-3-12(18)9-11/h10-12,14H,2-9H2,1H3. The van der Waals surface area contributed by atoms with Crippen LogP contribution >= 0.6 is 0 Å². The maximum absolute atomic E-state index is 4.12. The molecule has 0 aromatic carbocycles. The fourth-order valence-electron chi connectivity index (χ4n) is 3.33. The molecule has 1 N–H and O–H groups in total. The molecule has 0 aliphatic carbocycles. The highest BCUT2D eigenvalue weighted by atomic mass is 15.2. The fraction of sp³-hybridized carbons (Fsp3) is 0.846. The van der Waals surface area contributed by atoms with E-state index in [2.05, 4.69) is 20.4 Å². The van der Waals surface area contributed by atoms with Crippen molar-refractivity contribution in [3.8, 4) is 0 Å². The van der Waals surface area contributed by atoms with Crippen LogP contribution in [0.1, 0.15) is 31.5 Å². The molecule has 18 heavy (non-hydrogen) atoms. The summed E-state index contributed by atoms with van der Waals surface area (Å²) in [5.41, 5.74) is 0. The largest absolute Gasteiger partial charge is 0.321 e. The lowest BCUT2D eigenvalue weighted by Crippen LogP contribution is -2.46. The monoisotopic (exact) mass is 249 g/mol. The van der Waals surface area contributed by atoms with Gasteiger partial charge in [-0.2, -0.15) is 0 Å². The summed E-state index contributed by atoms with van der Waals surface area (Å²) in [5.74, 6) is 1.07. The number of rotatable bonds is 4. The van der Waals surface area contributed by atoms with Crippen LogP contribution in [0.15, 0.2) is 6.33 Å². The van der Waals surface area contributed by atoms with Gasteiger partial charge < -0.3 is 14.8 Å². The van der Waals surface area contributed by atoms with E-state index in [9.17, 15) is 0 Å². The Morgan fingerprint density at radius 3 is 3.17 bits per heavy atom. The molecule has 2 atom stereocenters. The van der Waals surface area contributed by atoms with Crippen molar-refractivity contribution in [3.63, 3.8) is 0 Å². The average molecular weight is 249 g/mol. The fourth-order valence-corrected chi connectivity index (χ4v) is 3.33. The Labute approximate surface area is 109 Å². The second kappa shape index (κ2) is 5.36. The zero-order valence-corrected chi connectivity index (χ0v) is 11.2. The van der Waals surface area contributed by atoms with Crippen LogP contribution in [0.5, 0.6) is 0 Å². The summed E-state index contributed by atoms with van der Waals surface area (Å²) >= 11 is 0. The maximum atomic E-state index is 4.12. The topological polar surface area (TPSA) is 46.0 Å². The van der Waals surface area contributed by atoms with E-state index in [4.69, 9.17) is 0 Å². The van der Waals surface area contributed by atoms with Gasteiger partial charge in [-0.05, 0) is 38.8 Å². The lowest BCUT2D eigenvalue weighted by molar-refractivity contribution is 0.167. The van der Waals surface area contributed by atoms with E-state index in [0.717, 1.165) is 24.8 Å². The van der Waals surface area contributed by atoms with Gasteiger partial charge >= 0.3 is 0 Å². The quantitative estimate of drug-likeness (QED) is 0.847. The van der Waals surface area contributed by atoms with Gasteiger partial charge in [0.2, 0.25) is 0 Å². The van der Waals surface area contributed by atoms with Gasteiger partial charge in [-0.1, -0.05) is 0 Å². The Balaban J connectivity index is 1.42. The van der Waals surface area contributed by atoms with Crippen LogP contribution in [0.4, 0.5) is 0 Å². The summed E-state index contributed by atoms with van der Waals surface area (Å²) < 4.78 is 2.00. The van der Waals surface area contributed by atoms with Crippen LogP contribution in [0.25, 0.3) is 0 Å². The molecule has 2 fully saturated rings. The number of aryl methyl sites for hydroxylation is 1. The van der Waals surface area contributed by atoms with Crippen molar-refractivity contribution in [1.29, 1.82) is 0 Å². The molecular weight excluding hydrogens is 226 g/mol. The van der Waals surface area contributed by atoms with Crippen molar-refractivity contribution in [2.75, 3.05) is 19.6 Å². The Morgan fingerprint density at radius 2 is 2.33 bits per heavy atom. The smallest absolute Gasteiger partial charge is 0.133 e. The summed E-state index contributed by atoms with van der Waals surface area (Å²) in [6.07, 6.45) is 8.18. The molecule has 1 aromatic heterocycles. The first-order chi connectivity index (χ1) is 8.83. The van der Waals surface area contributed by atoms with Gasteiger partial charge in [0.05, 0.1) is 0 Å². The van der Waals surface area contributed by atoms with Gasteiger partial charge in [0.1, 0.15) is 12.2 Å². The molecule has 1 aromatic rings. The Kier molecular flexibility index (Phi) is 3.61. The molecule has 5 heteroatoms. The zero-order valence-electron chi connectivity index (χ0n) is 11.2. The molecule has 0 radical (unpaired) electrons. The molecule has 3 rings (SSSR count). The first-order valence-corrected chi connectivity index (χ1v) is 7.13. The highest BCUT2D eigenvalue weighted by Crippen LogP contribution is 2.26. The van der Waals surface area contributed by atoms with E-state index in [-0.39, 0.29) is 0 Å². The second-order valence-corrected chi connectivity index (χ2v) is 5.62. The van der Waals surface area contributed by atoms with E-state index < -0.39 is 0 Å². The number of nitrogens with zero attached hydrogens (tertiary/aromatic N) is 4. The van der Waals surface area contributed by atoms with Gasteiger partial charge in [0, 0.05) is 32.1 Å². The lowest BCUT2D eigenvalue weighted by atomic mass is 9.97. The molecular formula is C13H23N5. The number of nitrogens with one attached hydrogen (secondary N) is 1. The van der Waals surface area contributed by atoms with Crippen LogP contribution in [0.2, 0.25) is 0 Å².